The van der Waals surface area contributed by atoms with Crippen LogP contribution in [0.1, 0.15) is 44.3 Å². The first-order chi connectivity index (χ1) is 8.24. The third kappa shape index (κ3) is 2.60. The fraction of sp³-hybridized carbons (Fsp3) is 0.643. The first-order valence-electron chi connectivity index (χ1n) is 6.64. The molecule has 0 radical (unpaired) electrons. The number of pyridine rings is 1. The van der Waals surface area contributed by atoms with Crippen LogP contribution < -0.4 is 4.90 Å². The maximum Gasteiger partial charge on any atom is 0.129 e. The molecule has 92 valence electrons. The molecule has 0 aliphatic heterocycles. The molecule has 1 aromatic rings. The lowest BCUT2D eigenvalue weighted by Gasteiger charge is -2.24. The van der Waals surface area contributed by atoms with Crippen molar-refractivity contribution in [3.05, 3.63) is 23.9 Å². The predicted octanol–water partition coefficient (Wildman–Crippen LogP) is 2.51. The lowest BCUT2D eigenvalue weighted by molar-refractivity contribution is 0.199. The zero-order valence-electron chi connectivity index (χ0n) is 10.3. The molecule has 1 aromatic heterocycles. The maximum absolute atomic E-state index is 9.63. The fourth-order valence-corrected chi connectivity index (χ4v) is 2.25. The summed E-state index contributed by atoms with van der Waals surface area (Å²) in [6.07, 6.45) is 6.76. The second-order valence-electron chi connectivity index (χ2n) is 5.45. The molecule has 0 bridgehead atoms. The number of hydrogen-bond donors (Lipinski definition) is 1. The van der Waals surface area contributed by atoms with E-state index in [2.05, 4.69) is 9.88 Å². The molecular formula is C14H20N2O. The molecule has 3 heteroatoms. The van der Waals surface area contributed by atoms with Crippen LogP contribution in [0.2, 0.25) is 0 Å². The van der Waals surface area contributed by atoms with E-state index in [9.17, 15) is 5.11 Å². The van der Waals surface area contributed by atoms with Gasteiger partial charge in [0, 0.05) is 18.8 Å². The third-order valence-electron chi connectivity index (χ3n) is 3.69. The largest absolute Gasteiger partial charge is 0.389 e. The van der Waals surface area contributed by atoms with E-state index in [1.807, 2.05) is 25.3 Å². The van der Waals surface area contributed by atoms with Crippen LogP contribution in [0.3, 0.4) is 0 Å². The lowest BCUT2D eigenvalue weighted by atomic mass is 10.1. The quantitative estimate of drug-likeness (QED) is 0.847. The number of anilines is 1. The van der Waals surface area contributed by atoms with Crippen LogP contribution in [0.15, 0.2) is 18.3 Å². The van der Waals surface area contributed by atoms with Crippen molar-refractivity contribution in [1.82, 2.24) is 4.98 Å². The molecule has 1 atom stereocenters. The molecule has 17 heavy (non-hydrogen) atoms. The van der Waals surface area contributed by atoms with Crippen molar-refractivity contribution >= 4 is 5.82 Å². The van der Waals surface area contributed by atoms with E-state index in [0.717, 1.165) is 23.8 Å². The van der Waals surface area contributed by atoms with Crippen molar-refractivity contribution in [3.63, 3.8) is 0 Å². The van der Waals surface area contributed by atoms with Gasteiger partial charge >= 0.3 is 0 Å². The van der Waals surface area contributed by atoms with Crippen molar-refractivity contribution in [2.24, 2.45) is 5.92 Å². The van der Waals surface area contributed by atoms with Crippen LogP contribution in [0, 0.1) is 5.92 Å². The van der Waals surface area contributed by atoms with Gasteiger partial charge in [-0.15, -0.1) is 0 Å². The average molecular weight is 232 g/mol. The number of aliphatic hydroxyl groups is 1. The fourth-order valence-electron chi connectivity index (χ4n) is 2.25. The SMILES string of the molecule is C[C@H](O)c1ccnc(N(CC2CC2)C2CC2)c1. The minimum absolute atomic E-state index is 0.404. The minimum atomic E-state index is -0.404. The van der Waals surface area contributed by atoms with Gasteiger partial charge in [-0.2, -0.15) is 0 Å². The van der Waals surface area contributed by atoms with Crippen molar-refractivity contribution < 1.29 is 5.11 Å². The highest BCUT2D eigenvalue weighted by molar-refractivity contribution is 5.44. The Bertz CT molecular complexity index is 397. The molecule has 2 aliphatic carbocycles. The molecule has 2 saturated carbocycles. The van der Waals surface area contributed by atoms with Crippen LogP contribution in [0.25, 0.3) is 0 Å². The predicted molar refractivity (Wildman–Crippen MR) is 68.0 cm³/mol. The Hall–Kier alpha value is -1.09. The Kier molecular flexibility index (Phi) is 2.79. The maximum atomic E-state index is 9.63. The molecule has 2 aliphatic rings. The smallest absolute Gasteiger partial charge is 0.129 e. The monoisotopic (exact) mass is 232 g/mol. The normalized spacial score (nSPS) is 21.3. The molecule has 2 fully saturated rings. The van der Waals surface area contributed by atoms with Gasteiger partial charge in [-0.3, -0.25) is 0 Å². The lowest BCUT2D eigenvalue weighted by Crippen LogP contribution is -2.29. The van der Waals surface area contributed by atoms with Crippen LogP contribution in [0.4, 0.5) is 5.82 Å². The Morgan fingerprint density at radius 2 is 2.18 bits per heavy atom. The van der Waals surface area contributed by atoms with E-state index >= 15 is 0 Å². The summed E-state index contributed by atoms with van der Waals surface area (Å²) in [5.74, 6) is 1.94. The zero-order chi connectivity index (χ0) is 11.8. The summed E-state index contributed by atoms with van der Waals surface area (Å²) < 4.78 is 0. The molecule has 0 spiro atoms. The Labute approximate surface area is 102 Å². The average Bonchev–Trinajstić information content (AvgIpc) is 3.18. The topological polar surface area (TPSA) is 36.4 Å². The van der Waals surface area contributed by atoms with Crippen molar-refractivity contribution in [3.8, 4) is 0 Å². The van der Waals surface area contributed by atoms with Crippen LogP contribution in [0.5, 0.6) is 0 Å². The van der Waals surface area contributed by atoms with Gasteiger partial charge in [-0.1, -0.05) is 0 Å². The number of hydrogen-bond acceptors (Lipinski definition) is 3. The van der Waals surface area contributed by atoms with E-state index in [-0.39, 0.29) is 0 Å². The molecule has 3 rings (SSSR count). The van der Waals surface area contributed by atoms with Crippen LogP contribution in [-0.4, -0.2) is 22.7 Å². The van der Waals surface area contributed by atoms with Gasteiger partial charge in [-0.05, 0) is 56.2 Å². The summed E-state index contributed by atoms with van der Waals surface area (Å²) >= 11 is 0. The number of aliphatic hydroxyl groups excluding tert-OH is 1. The Morgan fingerprint density at radius 3 is 2.76 bits per heavy atom. The zero-order valence-corrected chi connectivity index (χ0v) is 10.3. The summed E-state index contributed by atoms with van der Waals surface area (Å²) in [4.78, 5) is 6.93. The molecular weight excluding hydrogens is 212 g/mol. The highest BCUT2D eigenvalue weighted by Gasteiger charge is 2.34. The Morgan fingerprint density at radius 1 is 1.41 bits per heavy atom. The summed E-state index contributed by atoms with van der Waals surface area (Å²) in [5, 5.41) is 9.63. The summed E-state index contributed by atoms with van der Waals surface area (Å²) in [6, 6.07) is 4.65. The van der Waals surface area contributed by atoms with Crippen molar-refractivity contribution in [2.75, 3.05) is 11.4 Å². The van der Waals surface area contributed by atoms with Gasteiger partial charge in [0.1, 0.15) is 5.82 Å². The standard InChI is InChI=1S/C14H20N2O/c1-10(17)12-6-7-15-14(8-12)16(13-4-5-13)9-11-2-3-11/h6-8,10-11,13,17H,2-5,9H2,1H3/t10-/m0/s1. The van der Waals surface area contributed by atoms with E-state index in [0.29, 0.717) is 6.04 Å². The van der Waals surface area contributed by atoms with Crippen LogP contribution >= 0.6 is 0 Å². The first kappa shape index (κ1) is 11.0. The highest BCUT2D eigenvalue weighted by Crippen LogP contribution is 2.37. The van der Waals surface area contributed by atoms with Crippen molar-refractivity contribution in [1.29, 1.82) is 0 Å². The summed E-state index contributed by atoms with van der Waals surface area (Å²) in [6.45, 7) is 2.96. The van der Waals surface area contributed by atoms with Gasteiger partial charge in [0.25, 0.3) is 0 Å². The second kappa shape index (κ2) is 4.30. The second-order valence-corrected chi connectivity index (χ2v) is 5.45. The molecule has 1 N–H and O–H groups in total. The van der Waals surface area contributed by atoms with E-state index in [1.54, 1.807) is 0 Å². The van der Waals surface area contributed by atoms with E-state index in [4.69, 9.17) is 0 Å². The summed E-state index contributed by atoms with van der Waals surface area (Å²) in [5.41, 5.74) is 0.969. The van der Waals surface area contributed by atoms with Crippen LogP contribution in [-0.2, 0) is 0 Å². The number of aromatic nitrogens is 1. The molecule has 0 saturated heterocycles. The molecule has 0 unspecified atom stereocenters. The molecule has 3 nitrogen and oxygen atoms in total. The summed E-state index contributed by atoms with van der Waals surface area (Å²) in [7, 11) is 0. The van der Waals surface area contributed by atoms with Gasteiger partial charge < -0.3 is 10.0 Å². The number of rotatable bonds is 5. The van der Waals surface area contributed by atoms with Gasteiger partial charge in [-0.25, -0.2) is 4.98 Å². The highest BCUT2D eigenvalue weighted by atomic mass is 16.3. The number of nitrogens with zero attached hydrogens (tertiary/aromatic N) is 2. The molecule has 0 amide bonds. The molecule has 1 heterocycles. The minimum Gasteiger partial charge on any atom is -0.389 e. The Balaban J connectivity index is 1.80. The van der Waals surface area contributed by atoms with Crippen molar-refractivity contribution in [2.45, 2.75) is 44.8 Å². The van der Waals surface area contributed by atoms with E-state index < -0.39 is 6.10 Å². The first-order valence-corrected chi connectivity index (χ1v) is 6.64. The molecule has 0 aromatic carbocycles. The van der Waals surface area contributed by atoms with Gasteiger partial charge in [0.05, 0.1) is 6.10 Å². The van der Waals surface area contributed by atoms with Gasteiger partial charge in [0.15, 0.2) is 0 Å². The van der Waals surface area contributed by atoms with Gasteiger partial charge in [0.2, 0.25) is 0 Å². The van der Waals surface area contributed by atoms with E-state index in [1.165, 1.54) is 25.7 Å². The third-order valence-corrected chi connectivity index (χ3v) is 3.69.